The van der Waals surface area contributed by atoms with Gasteiger partial charge >= 0.3 is 6.03 Å². The first-order valence-corrected chi connectivity index (χ1v) is 13.5. The van der Waals surface area contributed by atoms with Crippen LogP contribution in [0.25, 0.3) is 0 Å². The van der Waals surface area contributed by atoms with Gasteiger partial charge in [0.1, 0.15) is 23.8 Å². The number of piperazine rings is 1. The first-order valence-electron chi connectivity index (χ1n) is 12.1. The van der Waals surface area contributed by atoms with Crippen molar-refractivity contribution in [1.29, 1.82) is 0 Å². The van der Waals surface area contributed by atoms with E-state index in [2.05, 4.69) is 5.32 Å². The van der Waals surface area contributed by atoms with Crippen molar-refractivity contribution in [2.75, 3.05) is 39.3 Å². The molecule has 2 atom stereocenters. The lowest BCUT2D eigenvalue weighted by atomic mass is 10.0. The van der Waals surface area contributed by atoms with E-state index in [0.717, 1.165) is 16.9 Å². The number of nitrogens with one attached hydrogen (secondary N) is 1. The van der Waals surface area contributed by atoms with E-state index < -0.39 is 18.2 Å². The molecule has 0 saturated carbocycles. The number of rotatable bonds is 8. The van der Waals surface area contributed by atoms with E-state index in [1.54, 1.807) is 52.9 Å². The Morgan fingerprint density at radius 2 is 1.78 bits per heavy atom. The van der Waals surface area contributed by atoms with Crippen LogP contribution in [-0.4, -0.2) is 89.1 Å². The predicted molar refractivity (Wildman–Crippen MR) is 139 cm³/mol. The van der Waals surface area contributed by atoms with Gasteiger partial charge in [0.15, 0.2) is 0 Å². The summed E-state index contributed by atoms with van der Waals surface area (Å²) >= 11 is 1.61. The van der Waals surface area contributed by atoms with Gasteiger partial charge in [-0.2, -0.15) is 11.8 Å². The number of hydrogen-bond donors (Lipinski definition) is 1. The number of hydrazine groups is 1. The summed E-state index contributed by atoms with van der Waals surface area (Å²) in [6, 6.07) is 12.3. The third kappa shape index (κ3) is 5.99. The third-order valence-corrected chi connectivity index (χ3v) is 7.28. The molecule has 0 radical (unpaired) electrons. The molecule has 2 heterocycles. The van der Waals surface area contributed by atoms with Crippen molar-refractivity contribution in [2.24, 2.45) is 0 Å². The van der Waals surface area contributed by atoms with Crippen molar-refractivity contribution in [1.82, 2.24) is 25.1 Å². The number of benzene rings is 2. The molecule has 0 bridgehead atoms. The number of hydrogen-bond acceptors (Lipinski definition) is 6. The minimum Gasteiger partial charge on any atom is -0.497 e. The Kier molecular flexibility index (Phi) is 8.55. The number of ether oxygens (including phenoxy) is 1. The molecule has 0 aromatic heterocycles. The van der Waals surface area contributed by atoms with Gasteiger partial charge in [-0.25, -0.2) is 19.2 Å². The summed E-state index contributed by atoms with van der Waals surface area (Å²) in [5, 5.41) is 5.99. The van der Waals surface area contributed by atoms with Gasteiger partial charge in [-0.1, -0.05) is 24.3 Å². The van der Waals surface area contributed by atoms with E-state index in [0.29, 0.717) is 18.7 Å². The maximum absolute atomic E-state index is 13.6. The largest absolute Gasteiger partial charge is 0.497 e. The van der Waals surface area contributed by atoms with Crippen LogP contribution in [0.3, 0.4) is 0 Å². The van der Waals surface area contributed by atoms with Crippen LogP contribution in [0.5, 0.6) is 5.75 Å². The van der Waals surface area contributed by atoms with Crippen LogP contribution in [0.15, 0.2) is 48.5 Å². The van der Waals surface area contributed by atoms with Crippen LogP contribution in [0.1, 0.15) is 17.5 Å². The molecule has 2 aromatic carbocycles. The van der Waals surface area contributed by atoms with Gasteiger partial charge in [-0.15, -0.1) is 0 Å². The highest BCUT2D eigenvalue weighted by atomic mass is 32.2. The number of likely N-dealkylation sites (N-methyl/N-ethyl adjacent to an activating group) is 1. The number of thioether (sulfide) groups is 1. The van der Waals surface area contributed by atoms with Crippen molar-refractivity contribution in [3.05, 3.63) is 65.5 Å². The Balaban J connectivity index is 1.58. The van der Waals surface area contributed by atoms with Crippen LogP contribution in [0.2, 0.25) is 0 Å². The first kappa shape index (κ1) is 26.7. The van der Waals surface area contributed by atoms with Crippen LogP contribution in [0, 0.1) is 5.82 Å². The molecule has 0 spiro atoms. The molecule has 0 aliphatic carbocycles. The fourth-order valence-electron chi connectivity index (χ4n) is 4.77. The van der Waals surface area contributed by atoms with Gasteiger partial charge in [-0.05, 0) is 53.8 Å². The third-order valence-electron chi connectivity index (χ3n) is 6.63. The predicted octanol–water partition coefficient (Wildman–Crippen LogP) is 2.53. The minimum absolute atomic E-state index is 0.0119. The lowest BCUT2D eigenvalue weighted by Crippen LogP contribution is -2.75. The number of nitrogens with zero attached hydrogens (tertiary/aromatic N) is 4. The van der Waals surface area contributed by atoms with Gasteiger partial charge in [-0.3, -0.25) is 9.59 Å². The molecule has 1 N–H and O–H groups in total. The van der Waals surface area contributed by atoms with Crippen molar-refractivity contribution in [3.63, 3.8) is 0 Å². The van der Waals surface area contributed by atoms with E-state index >= 15 is 0 Å². The van der Waals surface area contributed by atoms with E-state index in [4.69, 9.17) is 4.74 Å². The number of fused-ring (bicyclic) bond motifs is 1. The molecule has 2 saturated heterocycles. The molecule has 198 valence electrons. The molecule has 4 amide bonds. The second kappa shape index (κ2) is 11.8. The average Bonchev–Trinajstić information content (AvgIpc) is 2.89. The first-order chi connectivity index (χ1) is 17.8. The van der Waals surface area contributed by atoms with Gasteiger partial charge in [0.05, 0.1) is 20.2 Å². The van der Waals surface area contributed by atoms with Crippen molar-refractivity contribution >= 4 is 29.6 Å². The molecular weight excluding hydrogens is 497 g/mol. The molecule has 4 rings (SSSR count). The average molecular weight is 530 g/mol. The van der Waals surface area contributed by atoms with E-state index in [1.807, 2.05) is 30.5 Å². The Hall–Kier alpha value is -3.31. The Morgan fingerprint density at radius 3 is 2.43 bits per heavy atom. The topological polar surface area (TPSA) is 85.4 Å². The quantitative estimate of drug-likeness (QED) is 0.566. The van der Waals surface area contributed by atoms with E-state index in [-0.39, 0.29) is 37.3 Å². The standard InChI is InChI=1S/C26H32FN5O4S/c1-29-17-24(33)31-22(12-13-37-3)25(34)30(15-19-6-10-21(36-2)11-7-19)16-23(31)32(29)26(35)28-14-18-4-8-20(27)9-5-18/h4-11,22-23H,12-17H2,1-3H3,(H,28,35)/t22-,23-/m0/s1. The number of urea groups is 1. The van der Waals surface area contributed by atoms with Gasteiger partial charge in [0.2, 0.25) is 11.8 Å². The maximum Gasteiger partial charge on any atom is 0.334 e. The monoisotopic (exact) mass is 529 g/mol. The lowest BCUT2D eigenvalue weighted by Gasteiger charge is -2.54. The number of carbonyl (C=O) groups excluding carboxylic acids is 3. The van der Waals surface area contributed by atoms with E-state index in [1.165, 1.54) is 17.1 Å². The highest BCUT2D eigenvalue weighted by molar-refractivity contribution is 7.98. The molecule has 0 unspecified atom stereocenters. The molecule has 2 aliphatic heterocycles. The fraction of sp³-hybridized carbons (Fsp3) is 0.423. The summed E-state index contributed by atoms with van der Waals surface area (Å²) in [6.07, 6.45) is 1.80. The van der Waals surface area contributed by atoms with Gasteiger partial charge in [0.25, 0.3) is 0 Å². The summed E-state index contributed by atoms with van der Waals surface area (Å²) < 4.78 is 18.5. The molecule has 2 fully saturated rings. The van der Waals surface area contributed by atoms with Gasteiger partial charge < -0.3 is 19.9 Å². The Bertz CT molecular complexity index is 1120. The van der Waals surface area contributed by atoms with Crippen molar-refractivity contribution in [2.45, 2.75) is 31.7 Å². The summed E-state index contributed by atoms with van der Waals surface area (Å²) in [4.78, 5) is 43.5. The van der Waals surface area contributed by atoms with Crippen molar-refractivity contribution in [3.8, 4) is 5.75 Å². The summed E-state index contributed by atoms with van der Waals surface area (Å²) in [7, 11) is 3.29. The second-order valence-electron chi connectivity index (χ2n) is 9.09. The fourth-order valence-corrected chi connectivity index (χ4v) is 5.22. The van der Waals surface area contributed by atoms with Crippen LogP contribution >= 0.6 is 11.8 Å². The molecule has 9 nitrogen and oxygen atoms in total. The normalized spacial score (nSPS) is 20.2. The molecule has 2 aromatic rings. The summed E-state index contributed by atoms with van der Waals surface area (Å²) in [6.45, 7) is 0.725. The zero-order chi connectivity index (χ0) is 26.5. The van der Waals surface area contributed by atoms with Gasteiger partial charge in [0, 0.05) is 20.1 Å². The molecule has 37 heavy (non-hydrogen) atoms. The molecule has 11 heteroatoms. The smallest absolute Gasteiger partial charge is 0.334 e. The number of carbonyl (C=O) groups is 3. The summed E-state index contributed by atoms with van der Waals surface area (Å²) in [5.74, 6) is 0.779. The van der Waals surface area contributed by atoms with Crippen molar-refractivity contribution < 1.29 is 23.5 Å². The maximum atomic E-state index is 13.6. The molecular formula is C26H32FN5O4S. The lowest BCUT2D eigenvalue weighted by molar-refractivity contribution is -0.187. The highest BCUT2D eigenvalue weighted by Gasteiger charge is 2.50. The van der Waals surface area contributed by atoms with E-state index in [9.17, 15) is 18.8 Å². The zero-order valence-corrected chi connectivity index (χ0v) is 22.0. The summed E-state index contributed by atoms with van der Waals surface area (Å²) in [5.41, 5.74) is 1.68. The zero-order valence-electron chi connectivity index (χ0n) is 21.2. The number of methoxy groups -OCH3 is 1. The molecule has 2 aliphatic rings. The SMILES string of the molecule is COc1ccc(CN2C[C@H]3N(C(=O)CN(C)N3C(=O)NCc3ccc(F)cc3)[C@@H](CCSC)C2=O)cc1. The Morgan fingerprint density at radius 1 is 1.11 bits per heavy atom. The van der Waals surface area contributed by atoms with Crippen LogP contribution < -0.4 is 10.1 Å². The van der Waals surface area contributed by atoms with Crippen LogP contribution in [0.4, 0.5) is 9.18 Å². The number of amides is 4. The minimum atomic E-state index is -0.655. The number of halogens is 1. The Labute approximate surface area is 220 Å². The second-order valence-corrected chi connectivity index (χ2v) is 10.1. The van der Waals surface area contributed by atoms with Crippen LogP contribution in [-0.2, 0) is 22.7 Å². The highest BCUT2D eigenvalue weighted by Crippen LogP contribution is 2.29.